The fourth-order valence-corrected chi connectivity index (χ4v) is 2.54. The summed E-state index contributed by atoms with van der Waals surface area (Å²) >= 11 is 0. The summed E-state index contributed by atoms with van der Waals surface area (Å²) < 4.78 is 1.70. The summed E-state index contributed by atoms with van der Waals surface area (Å²) in [7, 11) is 0. The molecule has 1 fully saturated rings. The van der Waals surface area contributed by atoms with Crippen LogP contribution in [0.25, 0.3) is 0 Å². The van der Waals surface area contributed by atoms with Crippen LogP contribution < -0.4 is 15.0 Å². The van der Waals surface area contributed by atoms with Gasteiger partial charge in [0.1, 0.15) is 0 Å². The molecule has 6 heteroatoms. The molecule has 0 radical (unpaired) electrons. The number of anilines is 1. The molecule has 19 heavy (non-hydrogen) atoms. The molecule has 0 spiro atoms. The second-order valence-corrected chi connectivity index (χ2v) is 4.83. The van der Waals surface area contributed by atoms with E-state index < -0.39 is 5.97 Å². The molecular weight excluding hydrogens is 246 g/mol. The number of rotatable bonds is 4. The summed E-state index contributed by atoms with van der Waals surface area (Å²) in [5.41, 5.74) is 0.589. The van der Waals surface area contributed by atoms with Crippen LogP contribution in [0.2, 0.25) is 0 Å². The lowest BCUT2D eigenvalue weighted by Gasteiger charge is -2.24. The zero-order valence-corrected chi connectivity index (χ0v) is 11.2. The fraction of sp³-hybridized carbons (Fsp3) is 0.615. The molecule has 1 aliphatic heterocycles. The molecule has 1 aromatic rings. The van der Waals surface area contributed by atoms with Gasteiger partial charge in [-0.15, -0.1) is 0 Å². The van der Waals surface area contributed by atoms with E-state index in [1.807, 2.05) is 6.92 Å². The minimum atomic E-state index is -0.898. The van der Waals surface area contributed by atoms with E-state index >= 15 is 0 Å². The number of hydrogen-bond acceptors (Lipinski definition) is 3. The summed E-state index contributed by atoms with van der Waals surface area (Å²) in [6, 6.07) is 1.48. The summed E-state index contributed by atoms with van der Waals surface area (Å²) in [6.45, 7) is 3.53. The third-order valence-corrected chi connectivity index (χ3v) is 3.45. The molecule has 0 atom stereocenters. The van der Waals surface area contributed by atoms with Gasteiger partial charge in [-0.25, -0.2) is 14.3 Å². The van der Waals surface area contributed by atoms with Crippen molar-refractivity contribution in [3.8, 4) is 0 Å². The van der Waals surface area contributed by atoms with E-state index in [4.69, 9.17) is 5.11 Å². The van der Waals surface area contributed by atoms with Crippen LogP contribution in [0.1, 0.15) is 31.9 Å². The van der Waals surface area contributed by atoms with E-state index in [9.17, 15) is 9.59 Å². The number of carboxylic acids is 1. The highest BCUT2D eigenvalue weighted by molar-refractivity contribution is 5.65. The molecule has 0 amide bonds. The summed E-state index contributed by atoms with van der Waals surface area (Å²) in [5, 5.41) is 9.05. The summed E-state index contributed by atoms with van der Waals surface area (Å²) in [6.07, 6.45) is 3.97. The Bertz CT molecular complexity index is 518. The van der Waals surface area contributed by atoms with Crippen molar-refractivity contribution in [2.75, 3.05) is 18.0 Å². The average Bonchev–Trinajstić information content (AvgIpc) is 2.40. The van der Waals surface area contributed by atoms with Crippen molar-refractivity contribution in [3.63, 3.8) is 0 Å². The smallest absolute Gasteiger partial charge is 0.360 e. The first-order valence-electron chi connectivity index (χ1n) is 6.74. The SMILES string of the molecule is CCc1cc(=O)[nH]c(N2CCCCC2)[n+]1CC(=O)O. The Hall–Kier alpha value is -1.85. The summed E-state index contributed by atoms with van der Waals surface area (Å²) in [4.78, 5) is 27.6. The van der Waals surface area contributed by atoms with Gasteiger partial charge in [0, 0.05) is 0 Å². The molecule has 2 heterocycles. The highest BCUT2D eigenvalue weighted by Crippen LogP contribution is 2.13. The van der Waals surface area contributed by atoms with E-state index in [2.05, 4.69) is 9.88 Å². The fourth-order valence-electron chi connectivity index (χ4n) is 2.54. The van der Waals surface area contributed by atoms with Gasteiger partial charge >= 0.3 is 17.5 Å². The van der Waals surface area contributed by atoms with E-state index in [1.54, 1.807) is 4.57 Å². The normalized spacial score (nSPS) is 15.5. The first-order valence-corrected chi connectivity index (χ1v) is 6.74. The first kappa shape index (κ1) is 13.6. The van der Waals surface area contributed by atoms with Crippen LogP contribution in [0.4, 0.5) is 5.95 Å². The Labute approximate surface area is 111 Å². The number of aryl methyl sites for hydroxylation is 1. The second kappa shape index (κ2) is 5.86. The Morgan fingerprint density at radius 3 is 2.68 bits per heavy atom. The van der Waals surface area contributed by atoms with Gasteiger partial charge in [-0.2, -0.15) is 0 Å². The van der Waals surface area contributed by atoms with Gasteiger partial charge in [0.2, 0.25) is 0 Å². The predicted molar refractivity (Wildman–Crippen MR) is 70.3 cm³/mol. The molecule has 0 aliphatic carbocycles. The topological polar surface area (TPSA) is 77.3 Å². The zero-order chi connectivity index (χ0) is 13.8. The second-order valence-electron chi connectivity index (χ2n) is 4.83. The lowest BCUT2D eigenvalue weighted by Crippen LogP contribution is -2.51. The lowest BCUT2D eigenvalue weighted by molar-refractivity contribution is -0.683. The minimum Gasteiger partial charge on any atom is -0.479 e. The van der Waals surface area contributed by atoms with Crippen molar-refractivity contribution >= 4 is 11.9 Å². The lowest BCUT2D eigenvalue weighted by atomic mass is 10.1. The number of aromatic amines is 1. The maximum absolute atomic E-state index is 11.7. The molecule has 1 aromatic heterocycles. The average molecular weight is 266 g/mol. The Morgan fingerprint density at radius 2 is 2.11 bits per heavy atom. The van der Waals surface area contributed by atoms with Crippen LogP contribution in [-0.4, -0.2) is 29.1 Å². The molecular formula is C13H20N3O3+. The highest BCUT2D eigenvalue weighted by Gasteiger charge is 2.25. The van der Waals surface area contributed by atoms with Crippen LogP contribution in [-0.2, 0) is 17.8 Å². The van der Waals surface area contributed by atoms with Crippen LogP contribution in [0.3, 0.4) is 0 Å². The molecule has 0 saturated carbocycles. The van der Waals surface area contributed by atoms with Crippen molar-refractivity contribution < 1.29 is 14.5 Å². The maximum atomic E-state index is 11.7. The summed E-state index contributed by atoms with van der Waals surface area (Å²) in [5.74, 6) is -0.267. The number of carbonyl (C=O) groups is 1. The van der Waals surface area contributed by atoms with Crippen LogP contribution in [0, 0.1) is 0 Å². The van der Waals surface area contributed by atoms with Gasteiger partial charge in [-0.1, -0.05) is 6.92 Å². The third-order valence-electron chi connectivity index (χ3n) is 3.45. The van der Waals surface area contributed by atoms with Gasteiger partial charge in [-0.3, -0.25) is 9.69 Å². The first-order chi connectivity index (χ1) is 9.11. The number of nitrogens with zero attached hydrogens (tertiary/aromatic N) is 2. The minimum absolute atomic E-state index is 0.119. The Balaban J connectivity index is 2.46. The van der Waals surface area contributed by atoms with Gasteiger partial charge in [-0.05, 0) is 25.7 Å². The number of nitrogens with one attached hydrogen (secondary N) is 1. The number of aliphatic carboxylic acids is 1. The highest BCUT2D eigenvalue weighted by atomic mass is 16.4. The van der Waals surface area contributed by atoms with Crippen molar-refractivity contribution in [2.24, 2.45) is 0 Å². The van der Waals surface area contributed by atoms with E-state index in [0.717, 1.165) is 31.6 Å². The monoisotopic (exact) mass is 266 g/mol. The third kappa shape index (κ3) is 3.13. The number of carboxylic acid groups (broad SMARTS) is 1. The molecule has 2 rings (SSSR count). The number of piperidine rings is 1. The van der Waals surface area contributed by atoms with Gasteiger partial charge in [0.15, 0.2) is 6.54 Å². The molecule has 1 aliphatic rings. The van der Waals surface area contributed by atoms with E-state index in [-0.39, 0.29) is 12.1 Å². The van der Waals surface area contributed by atoms with Crippen molar-refractivity contribution in [2.45, 2.75) is 39.2 Å². The zero-order valence-electron chi connectivity index (χ0n) is 11.2. The molecule has 2 N–H and O–H groups in total. The van der Waals surface area contributed by atoms with Crippen molar-refractivity contribution in [1.29, 1.82) is 0 Å². The standard InChI is InChI=1S/C13H19N3O3/c1-2-10-8-11(17)14-13(16(10)9-12(18)19)15-6-4-3-5-7-15/h8H,2-7,9H2,1H3,(H,18,19)/p+1. The quantitative estimate of drug-likeness (QED) is 0.768. The molecule has 0 bridgehead atoms. The number of H-pyrrole nitrogens is 1. The van der Waals surface area contributed by atoms with Crippen molar-refractivity contribution in [3.05, 3.63) is 22.1 Å². The molecule has 0 aromatic carbocycles. The van der Waals surface area contributed by atoms with Gasteiger partial charge in [0.25, 0.3) is 0 Å². The van der Waals surface area contributed by atoms with Crippen LogP contribution in [0.5, 0.6) is 0 Å². The number of aromatic nitrogens is 2. The molecule has 1 saturated heterocycles. The Kier molecular flexibility index (Phi) is 4.19. The van der Waals surface area contributed by atoms with Crippen LogP contribution in [0.15, 0.2) is 10.9 Å². The van der Waals surface area contributed by atoms with Gasteiger partial charge < -0.3 is 5.11 Å². The largest absolute Gasteiger partial charge is 0.479 e. The molecule has 104 valence electrons. The Morgan fingerprint density at radius 1 is 1.42 bits per heavy atom. The number of hydrogen-bond donors (Lipinski definition) is 2. The van der Waals surface area contributed by atoms with Gasteiger partial charge in [0.05, 0.1) is 24.8 Å². The molecule has 0 unspecified atom stereocenters. The molecule has 6 nitrogen and oxygen atoms in total. The van der Waals surface area contributed by atoms with Crippen molar-refractivity contribution in [1.82, 2.24) is 4.98 Å². The van der Waals surface area contributed by atoms with Crippen LogP contribution >= 0.6 is 0 Å². The van der Waals surface area contributed by atoms with E-state index in [0.29, 0.717) is 12.4 Å². The predicted octanol–water partition coefficient (Wildman–Crippen LogP) is 0.300. The maximum Gasteiger partial charge on any atom is 0.360 e. The van der Waals surface area contributed by atoms with E-state index in [1.165, 1.54) is 12.5 Å².